The summed E-state index contributed by atoms with van der Waals surface area (Å²) < 4.78 is 5.36. The zero-order chi connectivity index (χ0) is 9.80. The van der Waals surface area contributed by atoms with Gasteiger partial charge in [-0.25, -0.2) is 0 Å². The van der Waals surface area contributed by atoms with Crippen LogP contribution >= 0.6 is 0 Å². The van der Waals surface area contributed by atoms with Gasteiger partial charge in [-0.2, -0.15) is 0 Å². The maximum atomic E-state index is 5.81. The van der Waals surface area contributed by atoms with E-state index < -0.39 is 0 Å². The first-order valence-corrected chi connectivity index (χ1v) is 5.91. The smallest absolute Gasteiger partial charge is 0.0469 e. The van der Waals surface area contributed by atoms with Gasteiger partial charge in [-0.05, 0) is 44.1 Å². The van der Waals surface area contributed by atoms with Crippen molar-refractivity contribution in [3.8, 4) is 0 Å². The van der Waals surface area contributed by atoms with E-state index in [1.165, 1.54) is 32.2 Å². The molecule has 2 aliphatic rings. The van der Waals surface area contributed by atoms with Gasteiger partial charge in [0.05, 0.1) is 0 Å². The Morgan fingerprint density at radius 3 is 2.50 bits per heavy atom. The minimum Gasteiger partial charge on any atom is -0.381 e. The summed E-state index contributed by atoms with van der Waals surface area (Å²) in [6.45, 7) is 3.80. The van der Waals surface area contributed by atoms with E-state index in [1.54, 1.807) is 0 Å². The standard InChI is InChI=1S/C11H22N2O/c12-7-11(13-8-9-1-2-9)10-3-5-14-6-4-10/h9-11,13H,1-8,12H2. The Bertz CT molecular complexity index is 165. The Labute approximate surface area is 86.4 Å². The zero-order valence-corrected chi connectivity index (χ0v) is 8.87. The van der Waals surface area contributed by atoms with Crippen molar-refractivity contribution < 1.29 is 4.74 Å². The van der Waals surface area contributed by atoms with Crippen LogP contribution in [0.3, 0.4) is 0 Å². The highest BCUT2D eigenvalue weighted by Gasteiger charge is 2.26. The largest absolute Gasteiger partial charge is 0.381 e. The van der Waals surface area contributed by atoms with Crippen LogP contribution in [0.5, 0.6) is 0 Å². The highest BCUT2D eigenvalue weighted by molar-refractivity contribution is 4.83. The molecule has 0 aromatic carbocycles. The topological polar surface area (TPSA) is 47.3 Å². The summed E-state index contributed by atoms with van der Waals surface area (Å²) in [5.74, 6) is 1.69. The number of nitrogens with two attached hydrogens (primary N) is 1. The Morgan fingerprint density at radius 1 is 1.21 bits per heavy atom. The summed E-state index contributed by atoms with van der Waals surface area (Å²) in [5.41, 5.74) is 5.81. The molecule has 0 radical (unpaired) electrons. The second-order valence-electron chi connectivity index (χ2n) is 4.64. The van der Waals surface area contributed by atoms with Crippen LogP contribution < -0.4 is 11.1 Å². The second kappa shape index (κ2) is 5.10. The van der Waals surface area contributed by atoms with Gasteiger partial charge in [-0.15, -0.1) is 0 Å². The van der Waals surface area contributed by atoms with Crippen molar-refractivity contribution in [1.82, 2.24) is 5.32 Å². The van der Waals surface area contributed by atoms with E-state index in [0.29, 0.717) is 6.04 Å². The van der Waals surface area contributed by atoms with Crippen molar-refractivity contribution in [2.24, 2.45) is 17.6 Å². The van der Waals surface area contributed by atoms with Gasteiger partial charge < -0.3 is 15.8 Å². The molecule has 2 rings (SSSR count). The molecule has 82 valence electrons. The van der Waals surface area contributed by atoms with Crippen molar-refractivity contribution in [3.63, 3.8) is 0 Å². The summed E-state index contributed by atoms with van der Waals surface area (Å²) in [4.78, 5) is 0. The minimum atomic E-state index is 0.527. The molecule has 14 heavy (non-hydrogen) atoms. The fourth-order valence-corrected chi connectivity index (χ4v) is 2.20. The fraction of sp³-hybridized carbons (Fsp3) is 1.00. The highest BCUT2D eigenvalue weighted by Crippen LogP contribution is 2.28. The molecule has 1 heterocycles. The van der Waals surface area contributed by atoms with Crippen LogP contribution in [0.25, 0.3) is 0 Å². The third-order valence-corrected chi connectivity index (χ3v) is 3.45. The molecule has 1 saturated carbocycles. The number of hydrogen-bond acceptors (Lipinski definition) is 3. The number of rotatable bonds is 5. The van der Waals surface area contributed by atoms with Crippen LogP contribution in [0.4, 0.5) is 0 Å². The van der Waals surface area contributed by atoms with E-state index in [2.05, 4.69) is 5.32 Å². The predicted molar refractivity (Wildman–Crippen MR) is 57.1 cm³/mol. The highest BCUT2D eigenvalue weighted by atomic mass is 16.5. The summed E-state index contributed by atoms with van der Waals surface area (Å²) in [5, 5.41) is 3.62. The van der Waals surface area contributed by atoms with Gasteiger partial charge >= 0.3 is 0 Å². The number of ether oxygens (including phenoxy) is 1. The normalized spacial score (nSPS) is 26.4. The van der Waals surface area contributed by atoms with Gasteiger partial charge in [0.1, 0.15) is 0 Å². The molecule has 1 aliphatic heterocycles. The molecule has 1 atom stereocenters. The monoisotopic (exact) mass is 198 g/mol. The van der Waals surface area contributed by atoms with Crippen molar-refractivity contribution in [1.29, 1.82) is 0 Å². The van der Waals surface area contributed by atoms with Gasteiger partial charge in [-0.1, -0.05) is 0 Å². The number of nitrogens with one attached hydrogen (secondary N) is 1. The van der Waals surface area contributed by atoms with Crippen molar-refractivity contribution in [2.45, 2.75) is 31.7 Å². The summed E-state index contributed by atoms with van der Waals surface area (Å²) in [6.07, 6.45) is 5.19. The van der Waals surface area contributed by atoms with Crippen LogP contribution in [0.1, 0.15) is 25.7 Å². The van der Waals surface area contributed by atoms with E-state index in [-0.39, 0.29) is 0 Å². The number of hydrogen-bond donors (Lipinski definition) is 2. The Morgan fingerprint density at radius 2 is 1.93 bits per heavy atom. The first-order chi connectivity index (χ1) is 6.90. The molecular formula is C11H22N2O. The third kappa shape index (κ3) is 2.94. The van der Waals surface area contributed by atoms with E-state index in [9.17, 15) is 0 Å². The first-order valence-electron chi connectivity index (χ1n) is 5.91. The lowest BCUT2D eigenvalue weighted by Gasteiger charge is -2.30. The molecule has 2 fully saturated rings. The Hall–Kier alpha value is -0.120. The van der Waals surface area contributed by atoms with Crippen molar-refractivity contribution in [2.75, 3.05) is 26.3 Å². The zero-order valence-electron chi connectivity index (χ0n) is 8.87. The van der Waals surface area contributed by atoms with Crippen LogP contribution in [0.2, 0.25) is 0 Å². The van der Waals surface area contributed by atoms with Crippen LogP contribution in [-0.4, -0.2) is 32.3 Å². The van der Waals surface area contributed by atoms with E-state index in [0.717, 1.165) is 31.6 Å². The molecule has 0 spiro atoms. The molecule has 1 aliphatic carbocycles. The average Bonchev–Trinajstić information content (AvgIpc) is 3.04. The van der Waals surface area contributed by atoms with Crippen LogP contribution in [0.15, 0.2) is 0 Å². The first kappa shape index (κ1) is 10.4. The molecule has 3 N–H and O–H groups in total. The molecule has 1 unspecified atom stereocenters. The molecular weight excluding hydrogens is 176 g/mol. The summed E-state index contributed by atoms with van der Waals surface area (Å²) in [7, 11) is 0. The lowest BCUT2D eigenvalue weighted by atomic mass is 9.91. The lowest BCUT2D eigenvalue weighted by molar-refractivity contribution is 0.0547. The molecule has 0 amide bonds. The summed E-state index contributed by atoms with van der Waals surface area (Å²) >= 11 is 0. The quantitative estimate of drug-likeness (QED) is 0.685. The molecule has 0 aromatic rings. The maximum Gasteiger partial charge on any atom is 0.0469 e. The Kier molecular flexibility index (Phi) is 3.79. The van der Waals surface area contributed by atoms with Crippen molar-refractivity contribution >= 4 is 0 Å². The van der Waals surface area contributed by atoms with Gasteiger partial charge in [0.2, 0.25) is 0 Å². The molecule has 1 saturated heterocycles. The van der Waals surface area contributed by atoms with E-state index in [4.69, 9.17) is 10.5 Å². The van der Waals surface area contributed by atoms with Gasteiger partial charge in [0, 0.05) is 25.8 Å². The third-order valence-electron chi connectivity index (χ3n) is 3.45. The summed E-state index contributed by atoms with van der Waals surface area (Å²) in [6, 6.07) is 0.527. The molecule has 0 bridgehead atoms. The molecule has 0 aromatic heterocycles. The van der Waals surface area contributed by atoms with Gasteiger partial charge in [0.25, 0.3) is 0 Å². The average molecular weight is 198 g/mol. The second-order valence-corrected chi connectivity index (χ2v) is 4.64. The van der Waals surface area contributed by atoms with E-state index >= 15 is 0 Å². The van der Waals surface area contributed by atoms with Crippen LogP contribution in [-0.2, 0) is 4.74 Å². The van der Waals surface area contributed by atoms with Gasteiger partial charge in [-0.3, -0.25) is 0 Å². The predicted octanol–water partition coefficient (Wildman–Crippen LogP) is 0.740. The Balaban J connectivity index is 1.71. The van der Waals surface area contributed by atoms with Crippen LogP contribution in [0, 0.1) is 11.8 Å². The SMILES string of the molecule is NCC(NCC1CC1)C1CCOCC1. The van der Waals surface area contributed by atoms with Gasteiger partial charge in [0.15, 0.2) is 0 Å². The maximum absolute atomic E-state index is 5.81. The molecule has 3 heteroatoms. The minimum absolute atomic E-state index is 0.527. The fourth-order valence-electron chi connectivity index (χ4n) is 2.20. The lowest BCUT2D eigenvalue weighted by Crippen LogP contribution is -2.44. The van der Waals surface area contributed by atoms with Crippen molar-refractivity contribution in [3.05, 3.63) is 0 Å². The molecule has 3 nitrogen and oxygen atoms in total. The van der Waals surface area contributed by atoms with E-state index in [1.807, 2.05) is 0 Å².